The van der Waals surface area contributed by atoms with Crippen LogP contribution in [0.5, 0.6) is 0 Å². The number of aliphatic hydroxyl groups excluding tert-OH is 1. The van der Waals surface area contributed by atoms with E-state index in [1.165, 1.54) is 0 Å². The van der Waals surface area contributed by atoms with Crippen molar-refractivity contribution < 1.29 is 18.3 Å². The molecule has 1 atom stereocenters. The van der Waals surface area contributed by atoms with Crippen molar-refractivity contribution in [3.05, 3.63) is 34.2 Å². The number of hydrogen-bond donors (Lipinski definition) is 2. The minimum absolute atomic E-state index is 0.187. The first kappa shape index (κ1) is 16.7. The molecular weight excluding hydrogens is 273 g/mol. The zero-order chi connectivity index (χ0) is 15.6. The van der Waals surface area contributed by atoms with Gasteiger partial charge in [-0.1, -0.05) is 0 Å². The summed E-state index contributed by atoms with van der Waals surface area (Å²) in [4.78, 5) is 11.5. The highest BCUT2D eigenvalue weighted by molar-refractivity contribution is 5.13. The van der Waals surface area contributed by atoms with Crippen molar-refractivity contribution in [1.29, 1.82) is 0 Å². The van der Waals surface area contributed by atoms with Gasteiger partial charge in [0.1, 0.15) is 0 Å². The van der Waals surface area contributed by atoms with Crippen LogP contribution in [0.1, 0.15) is 26.3 Å². The Balaban J connectivity index is 2.79. The maximum atomic E-state index is 12.6. The second kappa shape index (κ2) is 5.97. The molecule has 20 heavy (non-hydrogen) atoms. The fourth-order valence-electron chi connectivity index (χ4n) is 1.56. The zero-order valence-electron chi connectivity index (χ0n) is 11.7. The fraction of sp³-hybridized carbons (Fsp3) is 0.615. The van der Waals surface area contributed by atoms with Crippen LogP contribution < -0.4 is 10.9 Å². The molecule has 0 aliphatic carbocycles. The second-order valence-corrected chi connectivity index (χ2v) is 5.69. The number of halogens is 3. The van der Waals surface area contributed by atoms with E-state index in [0.717, 1.165) is 22.9 Å². The van der Waals surface area contributed by atoms with Crippen molar-refractivity contribution in [2.45, 2.75) is 45.1 Å². The first-order chi connectivity index (χ1) is 8.99. The average molecular weight is 292 g/mol. The van der Waals surface area contributed by atoms with E-state index in [-0.39, 0.29) is 18.6 Å². The maximum Gasteiger partial charge on any atom is 0.417 e. The van der Waals surface area contributed by atoms with Gasteiger partial charge in [0.05, 0.1) is 18.2 Å². The summed E-state index contributed by atoms with van der Waals surface area (Å²) in [6.07, 6.45) is -4.73. The Kier molecular flexibility index (Phi) is 4.99. The Labute approximate surface area is 115 Å². The van der Waals surface area contributed by atoms with Gasteiger partial charge in [0.15, 0.2) is 0 Å². The van der Waals surface area contributed by atoms with E-state index in [4.69, 9.17) is 0 Å². The number of aliphatic hydroxyl groups is 1. The summed E-state index contributed by atoms with van der Waals surface area (Å²) in [5, 5.41) is 12.8. The van der Waals surface area contributed by atoms with Crippen LogP contribution in [0.25, 0.3) is 0 Å². The highest BCUT2D eigenvalue weighted by Gasteiger charge is 2.31. The third-order valence-corrected chi connectivity index (χ3v) is 2.59. The molecule has 1 aromatic rings. The lowest BCUT2D eigenvalue weighted by Gasteiger charge is -2.23. The molecule has 114 valence electrons. The summed E-state index contributed by atoms with van der Waals surface area (Å²) in [7, 11) is 0. The smallest absolute Gasteiger partial charge is 0.390 e. The number of alkyl halides is 3. The lowest BCUT2D eigenvalue weighted by molar-refractivity contribution is -0.138. The fourth-order valence-corrected chi connectivity index (χ4v) is 1.56. The Bertz CT molecular complexity index is 504. The van der Waals surface area contributed by atoms with Crippen LogP contribution in [-0.2, 0) is 12.7 Å². The van der Waals surface area contributed by atoms with E-state index in [1.807, 2.05) is 20.8 Å². The minimum Gasteiger partial charge on any atom is -0.390 e. The lowest BCUT2D eigenvalue weighted by atomic mass is 10.1. The Morgan fingerprint density at radius 2 is 1.90 bits per heavy atom. The number of hydrogen-bond acceptors (Lipinski definition) is 3. The van der Waals surface area contributed by atoms with Gasteiger partial charge in [-0.25, -0.2) is 0 Å². The molecule has 1 aromatic heterocycles. The molecule has 0 saturated carbocycles. The molecule has 0 bridgehead atoms. The molecule has 0 aromatic carbocycles. The standard InChI is InChI=1S/C13H19F3N2O2/c1-12(2,3)17-6-10(19)8-18-7-9(13(14,15)16)4-5-11(18)20/h4-5,7,10,17,19H,6,8H2,1-3H3. The van der Waals surface area contributed by atoms with Crippen LogP contribution in [0.2, 0.25) is 0 Å². The number of rotatable bonds is 4. The molecule has 0 radical (unpaired) electrons. The third-order valence-electron chi connectivity index (χ3n) is 2.59. The first-order valence-corrected chi connectivity index (χ1v) is 6.20. The molecule has 1 heterocycles. The van der Waals surface area contributed by atoms with Gasteiger partial charge in [0, 0.05) is 24.3 Å². The molecule has 0 spiro atoms. The first-order valence-electron chi connectivity index (χ1n) is 6.20. The minimum atomic E-state index is -4.51. The van der Waals surface area contributed by atoms with E-state index in [0.29, 0.717) is 0 Å². The highest BCUT2D eigenvalue weighted by Crippen LogP contribution is 2.27. The molecule has 0 aliphatic heterocycles. The third kappa shape index (κ3) is 5.34. The molecular formula is C13H19F3N2O2. The molecule has 0 aliphatic rings. The predicted molar refractivity (Wildman–Crippen MR) is 69.5 cm³/mol. The Morgan fingerprint density at radius 3 is 2.40 bits per heavy atom. The largest absolute Gasteiger partial charge is 0.417 e. The van der Waals surface area contributed by atoms with Gasteiger partial charge >= 0.3 is 6.18 Å². The monoisotopic (exact) mass is 292 g/mol. The summed E-state index contributed by atoms with van der Waals surface area (Å²) < 4.78 is 38.5. The quantitative estimate of drug-likeness (QED) is 0.886. The van der Waals surface area contributed by atoms with Crippen molar-refractivity contribution in [1.82, 2.24) is 9.88 Å². The SMILES string of the molecule is CC(C)(C)NCC(O)Cn1cc(C(F)(F)F)ccc1=O. The van der Waals surface area contributed by atoms with E-state index in [9.17, 15) is 23.1 Å². The molecule has 1 rings (SSSR count). The molecule has 7 heteroatoms. The second-order valence-electron chi connectivity index (χ2n) is 5.69. The highest BCUT2D eigenvalue weighted by atomic mass is 19.4. The molecule has 0 amide bonds. The lowest BCUT2D eigenvalue weighted by Crippen LogP contribution is -2.42. The molecule has 0 saturated heterocycles. The van der Waals surface area contributed by atoms with E-state index in [2.05, 4.69) is 5.32 Å². The number of nitrogens with one attached hydrogen (secondary N) is 1. The van der Waals surface area contributed by atoms with Gasteiger partial charge in [-0.2, -0.15) is 13.2 Å². The van der Waals surface area contributed by atoms with Gasteiger partial charge in [0.25, 0.3) is 5.56 Å². The number of aromatic nitrogens is 1. The van der Waals surface area contributed by atoms with Gasteiger partial charge in [-0.3, -0.25) is 4.79 Å². The number of pyridine rings is 1. The van der Waals surface area contributed by atoms with Crippen LogP contribution in [0.3, 0.4) is 0 Å². The van der Waals surface area contributed by atoms with Crippen molar-refractivity contribution in [2.24, 2.45) is 0 Å². The van der Waals surface area contributed by atoms with Gasteiger partial charge in [-0.15, -0.1) is 0 Å². The zero-order valence-corrected chi connectivity index (χ0v) is 11.7. The van der Waals surface area contributed by atoms with Gasteiger partial charge in [-0.05, 0) is 26.8 Å². The normalized spacial score (nSPS) is 14.3. The van der Waals surface area contributed by atoms with E-state index >= 15 is 0 Å². The summed E-state index contributed by atoms with van der Waals surface area (Å²) >= 11 is 0. The van der Waals surface area contributed by atoms with Crippen molar-refractivity contribution >= 4 is 0 Å². The number of nitrogens with zero attached hydrogens (tertiary/aromatic N) is 1. The van der Waals surface area contributed by atoms with Crippen molar-refractivity contribution in [2.75, 3.05) is 6.54 Å². The molecule has 0 fully saturated rings. The van der Waals surface area contributed by atoms with Crippen LogP contribution in [-0.4, -0.2) is 27.9 Å². The van der Waals surface area contributed by atoms with Crippen LogP contribution >= 0.6 is 0 Å². The van der Waals surface area contributed by atoms with Crippen LogP contribution in [0.4, 0.5) is 13.2 Å². The number of β-amino-alcohol motifs (C(OH)–C–C–N with tert-alkyl or cyclic N) is 1. The van der Waals surface area contributed by atoms with Crippen LogP contribution in [0, 0.1) is 0 Å². The predicted octanol–water partition coefficient (Wildman–Crippen LogP) is 1.62. The van der Waals surface area contributed by atoms with Crippen molar-refractivity contribution in [3.8, 4) is 0 Å². The Morgan fingerprint density at radius 1 is 1.30 bits per heavy atom. The van der Waals surface area contributed by atoms with Crippen LogP contribution in [0.15, 0.2) is 23.1 Å². The maximum absolute atomic E-state index is 12.6. The van der Waals surface area contributed by atoms with Gasteiger partial charge < -0.3 is 15.0 Å². The molecule has 4 nitrogen and oxygen atoms in total. The summed E-state index contributed by atoms with van der Waals surface area (Å²) in [6.45, 7) is 5.69. The van der Waals surface area contributed by atoms with E-state index in [1.54, 1.807) is 0 Å². The summed E-state index contributed by atoms with van der Waals surface area (Å²) in [6, 6.07) is 1.59. The molecule has 1 unspecified atom stereocenters. The van der Waals surface area contributed by atoms with Crippen molar-refractivity contribution in [3.63, 3.8) is 0 Å². The summed E-state index contributed by atoms with van der Waals surface area (Å²) in [5.74, 6) is 0. The van der Waals surface area contributed by atoms with E-state index < -0.39 is 23.4 Å². The Hall–Kier alpha value is -1.34. The van der Waals surface area contributed by atoms with Gasteiger partial charge in [0.2, 0.25) is 0 Å². The molecule has 2 N–H and O–H groups in total. The summed E-state index contributed by atoms with van der Waals surface area (Å²) in [5.41, 5.74) is -1.71. The average Bonchev–Trinajstić information content (AvgIpc) is 2.27. The topological polar surface area (TPSA) is 54.3 Å².